The molecule has 0 spiro atoms. The van der Waals surface area contributed by atoms with Crippen molar-refractivity contribution in [2.24, 2.45) is 0 Å². The van der Waals surface area contributed by atoms with Crippen molar-refractivity contribution in [3.63, 3.8) is 0 Å². The highest BCUT2D eigenvalue weighted by atomic mass is 19.1. The van der Waals surface area contributed by atoms with Gasteiger partial charge < -0.3 is 10.2 Å². The Morgan fingerprint density at radius 2 is 1.96 bits per heavy atom. The van der Waals surface area contributed by atoms with Crippen molar-refractivity contribution in [2.75, 3.05) is 31.5 Å². The quantitative estimate of drug-likeness (QED) is 0.876. The summed E-state index contributed by atoms with van der Waals surface area (Å²) in [6.45, 7) is 2.20. The third-order valence-corrected chi connectivity index (χ3v) is 5.12. The molecule has 28 heavy (non-hydrogen) atoms. The molecule has 0 bridgehead atoms. The van der Waals surface area contributed by atoms with Crippen LogP contribution >= 0.6 is 0 Å². The molecule has 3 heterocycles. The summed E-state index contributed by atoms with van der Waals surface area (Å²) in [6, 6.07) is 8.30. The van der Waals surface area contributed by atoms with Gasteiger partial charge in [-0.25, -0.2) is 13.8 Å². The minimum absolute atomic E-state index is 0.193. The van der Waals surface area contributed by atoms with Crippen molar-refractivity contribution in [3.8, 4) is 11.3 Å². The molecule has 2 fully saturated rings. The monoisotopic (exact) mass is 386 g/mol. The van der Waals surface area contributed by atoms with E-state index in [-0.39, 0.29) is 24.4 Å². The zero-order chi connectivity index (χ0) is 19.7. The van der Waals surface area contributed by atoms with Gasteiger partial charge in [0, 0.05) is 43.7 Å². The van der Waals surface area contributed by atoms with E-state index in [1.54, 1.807) is 18.2 Å². The molecular weight excluding hydrogens is 366 g/mol. The summed E-state index contributed by atoms with van der Waals surface area (Å²) >= 11 is 0. The van der Waals surface area contributed by atoms with Crippen LogP contribution in [0.25, 0.3) is 11.3 Å². The Labute approximate surface area is 161 Å². The van der Waals surface area contributed by atoms with E-state index >= 15 is 0 Å². The van der Waals surface area contributed by atoms with Gasteiger partial charge >= 0.3 is 0 Å². The lowest BCUT2D eigenvalue weighted by atomic mass is 10.1. The van der Waals surface area contributed by atoms with E-state index in [9.17, 15) is 18.4 Å². The number of piperazine rings is 1. The summed E-state index contributed by atoms with van der Waals surface area (Å²) < 4.78 is 26.9. The molecule has 2 aliphatic heterocycles. The van der Waals surface area contributed by atoms with Crippen molar-refractivity contribution in [1.82, 2.24) is 14.8 Å². The largest absolute Gasteiger partial charge is 0.337 e. The molecule has 1 N–H and O–H groups in total. The van der Waals surface area contributed by atoms with Crippen LogP contribution < -0.4 is 5.32 Å². The molecule has 2 saturated heterocycles. The number of carbonyl (C=O) groups is 2. The highest BCUT2D eigenvalue weighted by molar-refractivity contribution is 5.91. The van der Waals surface area contributed by atoms with E-state index in [4.69, 9.17) is 0 Å². The normalized spacial score (nSPS) is 19.6. The molecule has 1 atom stereocenters. The fourth-order valence-electron chi connectivity index (χ4n) is 3.82. The molecule has 0 radical (unpaired) electrons. The molecule has 8 heteroatoms. The number of carbonyl (C=O) groups excluding carboxylic acids is 2. The molecule has 2 aromatic rings. The Kier molecular flexibility index (Phi) is 5.04. The smallest absolute Gasteiger partial charge is 0.239 e. The van der Waals surface area contributed by atoms with Gasteiger partial charge in [-0.05, 0) is 30.7 Å². The number of benzene rings is 1. The molecule has 0 aliphatic carbocycles. The number of amides is 2. The third-order valence-electron chi connectivity index (χ3n) is 5.12. The van der Waals surface area contributed by atoms with E-state index in [0.717, 1.165) is 12.5 Å². The number of hydrogen-bond donors (Lipinski definition) is 1. The van der Waals surface area contributed by atoms with Crippen LogP contribution in [0.2, 0.25) is 0 Å². The van der Waals surface area contributed by atoms with E-state index in [1.807, 2.05) is 9.80 Å². The SMILES string of the molecule is O=C(CN1CCN2C(=O)CCC2C1)Nc1cccc(-c2cc(F)cc(F)c2)n1. The number of aromatic nitrogens is 1. The van der Waals surface area contributed by atoms with Crippen LogP contribution in [0.3, 0.4) is 0 Å². The molecular formula is C20H20F2N4O2. The molecule has 4 rings (SSSR count). The number of fused-ring (bicyclic) bond motifs is 1. The van der Waals surface area contributed by atoms with Gasteiger partial charge in [0.1, 0.15) is 17.5 Å². The topological polar surface area (TPSA) is 65.5 Å². The summed E-state index contributed by atoms with van der Waals surface area (Å²) in [5.41, 5.74) is 0.671. The number of halogens is 2. The van der Waals surface area contributed by atoms with Crippen molar-refractivity contribution in [2.45, 2.75) is 18.9 Å². The second-order valence-corrected chi connectivity index (χ2v) is 7.13. The van der Waals surface area contributed by atoms with E-state index in [0.29, 0.717) is 43.1 Å². The van der Waals surface area contributed by atoms with E-state index < -0.39 is 11.6 Å². The van der Waals surface area contributed by atoms with Gasteiger partial charge in [0.05, 0.1) is 12.2 Å². The van der Waals surface area contributed by atoms with Crippen LogP contribution in [-0.4, -0.2) is 58.8 Å². The first kappa shape index (κ1) is 18.5. The number of rotatable bonds is 4. The van der Waals surface area contributed by atoms with Gasteiger partial charge in [-0.3, -0.25) is 14.5 Å². The minimum Gasteiger partial charge on any atom is -0.337 e. The number of nitrogens with one attached hydrogen (secondary N) is 1. The average Bonchev–Trinajstić information content (AvgIpc) is 3.01. The van der Waals surface area contributed by atoms with Gasteiger partial charge in [0.15, 0.2) is 0 Å². The highest BCUT2D eigenvalue weighted by Crippen LogP contribution is 2.23. The maximum atomic E-state index is 13.4. The predicted octanol–water partition coefficient (Wildman–Crippen LogP) is 2.27. The van der Waals surface area contributed by atoms with Crippen molar-refractivity contribution < 1.29 is 18.4 Å². The molecule has 1 aromatic carbocycles. The van der Waals surface area contributed by atoms with Crippen LogP contribution in [0.1, 0.15) is 12.8 Å². The number of anilines is 1. The Hall–Kier alpha value is -2.87. The first-order chi connectivity index (χ1) is 13.5. The summed E-state index contributed by atoms with van der Waals surface area (Å²) in [6.07, 6.45) is 1.42. The van der Waals surface area contributed by atoms with Crippen molar-refractivity contribution >= 4 is 17.6 Å². The van der Waals surface area contributed by atoms with Crippen LogP contribution in [-0.2, 0) is 9.59 Å². The van der Waals surface area contributed by atoms with Crippen LogP contribution in [0.4, 0.5) is 14.6 Å². The van der Waals surface area contributed by atoms with Crippen molar-refractivity contribution in [1.29, 1.82) is 0 Å². The summed E-state index contributed by atoms with van der Waals surface area (Å²) in [7, 11) is 0. The van der Waals surface area contributed by atoms with Crippen LogP contribution in [0, 0.1) is 11.6 Å². The highest BCUT2D eigenvalue weighted by Gasteiger charge is 2.35. The van der Waals surface area contributed by atoms with Gasteiger partial charge in [-0.2, -0.15) is 0 Å². The first-order valence-electron chi connectivity index (χ1n) is 9.23. The fourth-order valence-corrected chi connectivity index (χ4v) is 3.82. The van der Waals surface area contributed by atoms with E-state index in [2.05, 4.69) is 10.3 Å². The Morgan fingerprint density at radius 1 is 1.18 bits per heavy atom. The van der Waals surface area contributed by atoms with Crippen LogP contribution in [0.5, 0.6) is 0 Å². The minimum atomic E-state index is -0.684. The zero-order valence-electron chi connectivity index (χ0n) is 15.2. The predicted molar refractivity (Wildman–Crippen MR) is 99.4 cm³/mol. The Morgan fingerprint density at radius 3 is 2.75 bits per heavy atom. The third kappa shape index (κ3) is 4.01. The molecule has 2 aliphatic rings. The lowest BCUT2D eigenvalue weighted by molar-refractivity contribution is -0.130. The summed E-state index contributed by atoms with van der Waals surface area (Å²) in [5.74, 6) is -1.06. The number of pyridine rings is 1. The van der Waals surface area contributed by atoms with Crippen molar-refractivity contribution in [3.05, 3.63) is 48.0 Å². The maximum absolute atomic E-state index is 13.4. The molecule has 6 nitrogen and oxygen atoms in total. The number of hydrogen-bond acceptors (Lipinski definition) is 4. The van der Waals surface area contributed by atoms with Crippen LogP contribution in [0.15, 0.2) is 36.4 Å². The fraction of sp³-hybridized carbons (Fsp3) is 0.350. The lowest BCUT2D eigenvalue weighted by Crippen LogP contribution is -2.52. The first-order valence-corrected chi connectivity index (χ1v) is 9.23. The average molecular weight is 386 g/mol. The molecule has 146 valence electrons. The van der Waals surface area contributed by atoms with Gasteiger partial charge in [0.2, 0.25) is 11.8 Å². The zero-order valence-corrected chi connectivity index (χ0v) is 15.2. The van der Waals surface area contributed by atoms with Gasteiger partial charge in [-0.1, -0.05) is 6.07 Å². The molecule has 1 unspecified atom stereocenters. The lowest BCUT2D eigenvalue weighted by Gasteiger charge is -2.37. The Bertz CT molecular complexity index is 901. The summed E-state index contributed by atoms with van der Waals surface area (Å²) in [4.78, 5) is 32.4. The van der Waals surface area contributed by atoms with Gasteiger partial charge in [0.25, 0.3) is 0 Å². The molecule has 1 aromatic heterocycles. The standard InChI is InChI=1S/C20H20F2N4O2/c21-14-8-13(9-15(22)10-14)17-2-1-3-18(23-17)24-19(27)12-25-6-7-26-16(11-25)4-5-20(26)28/h1-3,8-10,16H,4-7,11-12H2,(H,23,24,27). The van der Waals surface area contributed by atoms with E-state index in [1.165, 1.54) is 12.1 Å². The maximum Gasteiger partial charge on any atom is 0.239 e. The molecule has 0 saturated carbocycles. The molecule has 2 amide bonds. The summed E-state index contributed by atoms with van der Waals surface area (Å²) in [5, 5.41) is 2.74. The van der Waals surface area contributed by atoms with Gasteiger partial charge in [-0.15, -0.1) is 0 Å². The number of nitrogens with zero attached hydrogens (tertiary/aromatic N) is 3. The Balaban J connectivity index is 1.39. The second-order valence-electron chi connectivity index (χ2n) is 7.13. The second kappa shape index (κ2) is 7.63.